The predicted octanol–water partition coefficient (Wildman–Crippen LogP) is 0.183. The van der Waals surface area contributed by atoms with Crippen LogP contribution in [0.3, 0.4) is 0 Å². The second-order valence-electron chi connectivity index (χ2n) is 3.99. The molecule has 1 aliphatic heterocycles. The van der Waals surface area contributed by atoms with Gasteiger partial charge in [-0.25, -0.2) is 0 Å². The normalized spacial score (nSPS) is 46.4. The van der Waals surface area contributed by atoms with E-state index in [1.807, 2.05) is 12.2 Å². The maximum atomic E-state index is 11.4. The number of amides is 2. The molecule has 13 heavy (non-hydrogen) atoms. The molecule has 4 nitrogen and oxygen atoms in total. The van der Waals surface area contributed by atoms with E-state index in [0.29, 0.717) is 5.06 Å². The first kappa shape index (κ1) is 7.26. The maximum Gasteiger partial charge on any atom is 0.257 e. The lowest BCUT2D eigenvalue weighted by molar-refractivity contribution is -0.173. The van der Waals surface area contributed by atoms with E-state index in [1.54, 1.807) is 0 Å². The van der Waals surface area contributed by atoms with Crippen molar-refractivity contribution in [1.29, 1.82) is 0 Å². The molecule has 4 atom stereocenters. The topological polar surface area (TPSA) is 57.6 Å². The first-order valence-corrected chi connectivity index (χ1v) is 4.45. The Labute approximate surface area is 74.8 Å². The fourth-order valence-electron chi connectivity index (χ4n) is 2.89. The number of imide groups is 1. The molecule has 4 heteroatoms. The number of carbonyl (C=O) groups is 2. The van der Waals surface area contributed by atoms with E-state index in [-0.39, 0.29) is 23.7 Å². The van der Waals surface area contributed by atoms with Crippen molar-refractivity contribution in [3.05, 3.63) is 12.2 Å². The summed E-state index contributed by atoms with van der Waals surface area (Å²) in [7, 11) is 0. The van der Waals surface area contributed by atoms with Crippen LogP contribution in [0.1, 0.15) is 6.42 Å². The van der Waals surface area contributed by atoms with Crippen molar-refractivity contribution in [1.82, 2.24) is 5.06 Å². The molecule has 0 spiro atoms. The van der Waals surface area contributed by atoms with E-state index < -0.39 is 11.8 Å². The van der Waals surface area contributed by atoms with Gasteiger partial charge < -0.3 is 0 Å². The minimum atomic E-state index is -0.410. The van der Waals surface area contributed by atoms with Gasteiger partial charge in [-0.3, -0.25) is 14.8 Å². The second-order valence-corrected chi connectivity index (χ2v) is 3.99. The summed E-state index contributed by atoms with van der Waals surface area (Å²) in [6, 6.07) is 0. The molecule has 2 unspecified atom stereocenters. The van der Waals surface area contributed by atoms with E-state index in [4.69, 9.17) is 5.21 Å². The Balaban J connectivity index is 2.08. The molecule has 0 radical (unpaired) electrons. The molecule has 68 valence electrons. The largest absolute Gasteiger partial charge is 0.278 e. The monoisotopic (exact) mass is 179 g/mol. The first-order chi connectivity index (χ1) is 6.20. The van der Waals surface area contributed by atoms with Gasteiger partial charge in [0.15, 0.2) is 0 Å². The summed E-state index contributed by atoms with van der Waals surface area (Å²) < 4.78 is 0. The van der Waals surface area contributed by atoms with E-state index in [1.165, 1.54) is 0 Å². The molecule has 3 aliphatic rings. The van der Waals surface area contributed by atoms with Gasteiger partial charge in [0.25, 0.3) is 11.8 Å². The predicted molar refractivity (Wildman–Crippen MR) is 41.4 cm³/mol. The number of rotatable bonds is 0. The smallest absolute Gasteiger partial charge is 0.257 e. The Hall–Kier alpha value is -1.16. The highest BCUT2D eigenvalue weighted by molar-refractivity contribution is 6.05. The van der Waals surface area contributed by atoms with Crippen LogP contribution in [0.25, 0.3) is 0 Å². The molecule has 2 fully saturated rings. The zero-order chi connectivity index (χ0) is 9.16. The fourth-order valence-corrected chi connectivity index (χ4v) is 2.89. The molecule has 1 saturated carbocycles. The number of allylic oxidation sites excluding steroid dienone is 2. The molecule has 1 N–H and O–H groups in total. The van der Waals surface area contributed by atoms with Crippen LogP contribution in [0.5, 0.6) is 0 Å². The molecular formula is C9H9NO3. The van der Waals surface area contributed by atoms with Crippen molar-refractivity contribution in [3.8, 4) is 0 Å². The highest BCUT2D eigenvalue weighted by Crippen LogP contribution is 2.51. The summed E-state index contributed by atoms with van der Waals surface area (Å²) in [5.74, 6) is -0.995. The van der Waals surface area contributed by atoms with Crippen molar-refractivity contribution in [3.63, 3.8) is 0 Å². The molecule has 2 amide bonds. The summed E-state index contributed by atoms with van der Waals surface area (Å²) in [4.78, 5) is 22.8. The van der Waals surface area contributed by atoms with E-state index in [2.05, 4.69) is 0 Å². The van der Waals surface area contributed by atoms with Gasteiger partial charge in [0.2, 0.25) is 0 Å². The third-order valence-corrected chi connectivity index (χ3v) is 3.45. The summed E-state index contributed by atoms with van der Waals surface area (Å²) in [6.07, 6.45) is 4.90. The summed E-state index contributed by atoms with van der Waals surface area (Å²) in [6.45, 7) is 0. The van der Waals surface area contributed by atoms with Gasteiger partial charge in [0.1, 0.15) is 0 Å². The van der Waals surface area contributed by atoms with Crippen LogP contribution in [0, 0.1) is 23.7 Å². The number of fused-ring (bicyclic) bond motifs is 5. The highest BCUT2D eigenvalue weighted by atomic mass is 16.5. The number of nitrogens with zero attached hydrogens (tertiary/aromatic N) is 1. The number of hydrogen-bond acceptors (Lipinski definition) is 3. The molecule has 1 saturated heterocycles. The van der Waals surface area contributed by atoms with Crippen LogP contribution < -0.4 is 0 Å². The zero-order valence-corrected chi connectivity index (χ0v) is 6.88. The van der Waals surface area contributed by atoms with Gasteiger partial charge in [-0.1, -0.05) is 12.2 Å². The van der Waals surface area contributed by atoms with Gasteiger partial charge in [-0.05, 0) is 18.3 Å². The quantitative estimate of drug-likeness (QED) is 0.328. The molecule has 2 bridgehead atoms. The van der Waals surface area contributed by atoms with Crippen molar-refractivity contribution >= 4 is 11.8 Å². The standard InChI is InChI=1S/C9H9NO3/c11-8-6-4-1-2-5(3-4)7(6)9(12)10(8)13/h1-2,4-7,13H,3H2/t4-,5-,6?,7?/m1/s1. The second kappa shape index (κ2) is 2.01. The summed E-state index contributed by atoms with van der Waals surface area (Å²) in [5.41, 5.74) is 0. The molecule has 3 rings (SSSR count). The number of carbonyl (C=O) groups excluding carboxylic acids is 2. The van der Waals surface area contributed by atoms with Gasteiger partial charge >= 0.3 is 0 Å². The lowest BCUT2D eigenvalue weighted by Crippen LogP contribution is -2.29. The van der Waals surface area contributed by atoms with Crippen LogP contribution in [-0.4, -0.2) is 22.1 Å². The third kappa shape index (κ3) is 0.659. The maximum absolute atomic E-state index is 11.4. The van der Waals surface area contributed by atoms with Crippen molar-refractivity contribution in [2.24, 2.45) is 23.7 Å². The van der Waals surface area contributed by atoms with Crippen molar-refractivity contribution in [2.75, 3.05) is 0 Å². The molecule has 0 aromatic heterocycles. The van der Waals surface area contributed by atoms with Gasteiger partial charge in [0.05, 0.1) is 11.8 Å². The minimum Gasteiger partial charge on any atom is -0.278 e. The van der Waals surface area contributed by atoms with Gasteiger partial charge in [0, 0.05) is 0 Å². The van der Waals surface area contributed by atoms with Gasteiger partial charge in [-0.2, -0.15) is 5.06 Å². The number of hydroxylamine groups is 2. The SMILES string of the molecule is O=C1C2C(C(=O)N1O)[C@@H]1C=C[C@@H]2C1. The molecule has 0 aromatic carbocycles. The van der Waals surface area contributed by atoms with Gasteiger partial charge in [-0.15, -0.1) is 0 Å². The zero-order valence-electron chi connectivity index (χ0n) is 6.88. The Bertz CT molecular complexity index is 306. The average molecular weight is 179 g/mol. The van der Waals surface area contributed by atoms with E-state index in [0.717, 1.165) is 6.42 Å². The minimum absolute atomic E-state index is 0.184. The first-order valence-electron chi connectivity index (χ1n) is 4.45. The average Bonchev–Trinajstić information content (AvgIpc) is 2.76. The lowest BCUT2D eigenvalue weighted by atomic mass is 9.85. The lowest BCUT2D eigenvalue weighted by Gasteiger charge is -2.13. The van der Waals surface area contributed by atoms with Crippen LogP contribution in [0.2, 0.25) is 0 Å². The van der Waals surface area contributed by atoms with Crippen molar-refractivity contribution < 1.29 is 14.8 Å². The van der Waals surface area contributed by atoms with E-state index >= 15 is 0 Å². The van der Waals surface area contributed by atoms with Crippen LogP contribution in [0.4, 0.5) is 0 Å². The van der Waals surface area contributed by atoms with Crippen LogP contribution >= 0.6 is 0 Å². The Morgan fingerprint density at radius 3 is 2.08 bits per heavy atom. The molecule has 1 heterocycles. The molecular weight excluding hydrogens is 170 g/mol. The third-order valence-electron chi connectivity index (χ3n) is 3.45. The highest BCUT2D eigenvalue weighted by Gasteiger charge is 2.59. The van der Waals surface area contributed by atoms with Crippen LogP contribution in [0.15, 0.2) is 12.2 Å². The Morgan fingerprint density at radius 1 is 1.15 bits per heavy atom. The Kier molecular flexibility index (Phi) is 1.12. The van der Waals surface area contributed by atoms with Crippen LogP contribution in [-0.2, 0) is 9.59 Å². The van der Waals surface area contributed by atoms with Crippen molar-refractivity contribution in [2.45, 2.75) is 6.42 Å². The fraction of sp³-hybridized carbons (Fsp3) is 0.556. The summed E-state index contributed by atoms with van der Waals surface area (Å²) in [5, 5.41) is 9.45. The molecule has 2 aliphatic carbocycles. The summed E-state index contributed by atoms with van der Waals surface area (Å²) >= 11 is 0. The molecule has 0 aromatic rings. The number of hydrogen-bond donors (Lipinski definition) is 1. The van der Waals surface area contributed by atoms with E-state index in [9.17, 15) is 9.59 Å². The Morgan fingerprint density at radius 2 is 1.62 bits per heavy atom.